The third-order valence-electron chi connectivity index (χ3n) is 2.82. The first-order chi connectivity index (χ1) is 9.49. The van der Waals surface area contributed by atoms with Crippen LogP contribution in [-0.2, 0) is 11.3 Å². The molecule has 0 radical (unpaired) electrons. The Balaban J connectivity index is 2.16. The molecule has 0 spiro atoms. The Morgan fingerprint density at radius 2 is 2.05 bits per heavy atom. The van der Waals surface area contributed by atoms with Crippen molar-refractivity contribution in [2.45, 2.75) is 20.5 Å². The van der Waals surface area contributed by atoms with E-state index in [1.165, 1.54) is 0 Å². The highest BCUT2D eigenvalue weighted by molar-refractivity contribution is 9.10. The van der Waals surface area contributed by atoms with Gasteiger partial charge in [0.15, 0.2) is 0 Å². The van der Waals surface area contributed by atoms with Crippen LogP contribution in [-0.4, -0.2) is 11.0 Å². The van der Waals surface area contributed by atoms with Crippen LogP contribution >= 0.6 is 27.5 Å². The number of hydrogen-bond acceptors (Lipinski definition) is 3. The minimum absolute atomic E-state index is 0.180. The molecule has 0 atom stereocenters. The SMILES string of the molecule is Cc1cc(C)c(C(=O)OCc2ccccc2Br)c(Cl)n1. The zero-order chi connectivity index (χ0) is 14.7. The van der Waals surface area contributed by atoms with E-state index in [0.29, 0.717) is 5.56 Å². The van der Waals surface area contributed by atoms with Gasteiger partial charge in [-0.15, -0.1) is 0 Å². The second-order valence-corrected chi connectivity index (χ2v) is 5.63. The van der Waals surface area contributed by atoms with Crippen molar-refractivity contribution in [1.82, 2.24) is 4.98 Å². The van der Waals surface area contributed by atoms with Gasteiger partial charge in [-0.3, -0.25) is 0 Å². The number of hydrogen-bond donors (Lipinski definition) is 0. The van der Waals surface area contributed by atoms with Crippen LogP contribution in [0.25, 0.3) is 0 Å². The number of ether oxygens (including phenoxy) is 1. The molecule has 0 fully saturated rings. The van der Waals surface area contributed by atoms with Gasteiger partial charge in [0.05, 0.1) is 5.56 Å². The van der Waals surface area contributed by atoms with Crippen molar-refractivity contribution in [3.8, 4) is 0 Å². The predicted octanol–water partition coefficient (Wildman–Crippen LogP) is 4.47. The third kappa shape index (κ3) is 3.38. The van der Waals surface area contributed by atoms with Crippen LogP contribution in [0.1, 0.15) is 27.2 Å². The standard InChI is InChI=1S/C15H13BrClNO2/c1-9-7-10(2)18-14(17)13(9)15(19)20-8-11-5-3-4-6-12(11)16/h3-7H,8H2,1-2H3. The first kappa shape index (κ1) is 15.0. The molecule has 1 aromatic heterocycles. The lowest BCUT2D eigenvalue weighted by Gasteiger charge is -2.10. The molecule has 104 valence electrons. The molecule has 1 heterocycles. The molecule has 0 aliphatic rings. The number of aromatic nitrogens is 1. The first-order valence-electron chi connectivity index (χ1n) is 6.03. The smallest absolute Gasteiger partial charge is 0.341 e. The van der Waals surface area contributed by atoms with E-state index in [1.54, 1.807) is 6.07 Å². The maximum atomic E-state index is 12.1. The van der Waals surface area contributed by atoms with Gasteiger partial charge in [-0.1, -0.05) is 45.7 Å². The molecule has 0 saturated heterocycles. The monoisotopic (exact) mass is 353 g/mol. The van der Waals surface area contributed by atoms with E-state index in [9.17, 15) is 4.79 Å². The van der Waals surface area contributed by atoms with Gasteiger partial charge in [0, 0.05) is 15.7 Å². The number of rotatable bonds is 3. The van der Waals surface area contributed by atoms with E-state index in [2.05, 4.69) is 20.9 Å². The van der Waals surface area contributed by atoms with Crippen molar-refractivity contribution in [2.75, 3.05) is 0 Å². The highest BCUT2D eigenvalue weighted by Gasteiger charge is 2.17. The minimum Gasteiger partial charge on any atom is -0.457 e. The van der Waals surface area contributed by atoms with E-state index in [4.69, 9.17) is 16.3 Å². The second-order valence-electron chi connectivity index (χ2n) is 4.41. The predicted molar refractivity (Wildman–Crippen MR) is 82.0 cm³/mol. The number of carbonyl (C=O) groups excluding carboxylic acids is 1. The topological polar surface area (TPSA) is 39.2 Å². The highest BCUT2D eigenvalue weighted by atomic mass is 79.9. The number of aryl methyl sites for hydroxylation is 2. The second kappa shape index (κ2) is 6.37. The summed E-state index contributed by atoms with van der Waals surface area (Å²) < 4.78 is 6.20. The lowest BCUT2D eigenvalue weighted by Crippen LogP contribution is -2.09. The highest BCUT2D eigenvalue weighted by Crippen LogP contribution is 2.21. The number of carbonyl (C=O) groups is 1. The zero-order valence-electron chi connectivity index (χ0n) is 11.1. The Morgan fingerprint density at radius 3 is 2.70 bits per heavy atom. The molecule has 0 N–H and O–H groups in total. The van der Waals surface area contributed by atoms with Gasteiger partial charge in [0.25, 0.3) is 0 Å². The van der Waals surface area contributed by atoms with E-state index in [-0.39, 0.29) is 11.8 Å². The fourth-order valence-corrected chi connectivity index (χ4v) is 2.63. The summed E-state index contributed by atoms with van der Waals surface area (Å²) in [4.78, 5) is 16.2. The number of nitrogens with zero attached hydrogens (tertiary/aromatic N) is 1. The van der Waals surface area contributed by atoms with Crippen molar-refractivity contribution < 1.29 is 9.53 Å². The summed E-state index contributed by atoms with van der Waals surface area (Å²) in [5.74, 6) is -0.462. The molecule has 1 aromatic carbocycles. The van der Waals surface area contributed by atoms with Gasteiger partial charge in [-0.25, -0.2) is 9.78 Å². The summed E-state index contributed by atoms with van der Waals surface area (Å²) in [5.41, 5.74) is 2.76. The number of pyridine rings is 1. The average Bonchev–Trinajstić information content (AvgIpc) is 2.36. The third-order valence-corrected chi connectivity index (χ3v) is 3.87. The van der Waals surface area contributed by atoms with E-state index >= 15 is 0 Å². The van der Waals surface area contributed by atoms with Crippen LogP contribution < -0.4 is 0 Å². The van der Waals surface area contributed by atoms with Crippen molar-refractivity contribution in [2.24, 2.45) is 0 Å². The van der Waals surface area contributed by atoms with Gasteiger partial charge in [-0.2, -0.15) is 0 Å². The molecule has 2 rings (SSSR count). The first-order valence-corrected chi connectivity index (χ1v) is 7.20. The fraction of sp³-hybridized carbons (Fsp3) is 0.200. The average molecular weight is 355 g/mol. The normalized spacial score (nSPS) is 10.4. The molecule has 3 nitrogen and oxygen atoms in total. The van der Waals surface area contributed by atoms with Crippen molar-refractivity contribution in [3.05, 3.63) is 62.3 Å². The van der Waals surface area contributed by atoms with Crippen LogP contribution in [0.15, 0.2) is 34.8 Å². The molecule has 0 saturated carbocycles. The number of halogens is 2. The van der Waals surface area contributed by atoms with Crippen LogP contribution in [0.4, 0.5) is 0 Å². The summed E-state index contributed by atoms with van der Waals surface area (Å²) >= 11 is 9.43. The van der Waals surface area contributed by atoms with E-state index in [1.807, 2.05) is 38.1 Å². The summed E-state index contributed by atoms with van der Waals surface area (Å²) in [5, 5.41) is 0.180. The van der Waals surface area contributed by atoms with Crippen LogP contribution in [0.2, 0.25) is 5.15 Å². The fourth-order valence-electron chi connectivity index (χ4n) is 1.87. The molecular formula is C15H13BrClNO2. The molecule has 0 unspecified atom stereocenters. The lowest BCUT2D eigenvalue weighted by atomic mass is 10.1. The van der Waals surface area contributed by atoms with Gasteiger partial charge in [-0.05, 0) is 31.5 Å². The molecule has 0 aliphatic carbocycles. The van der Waals surface area contributed by atoms with Gasteiger partial charge in [0.1, 0.15) is 11.8 Å². The van der Waals surface area contributed by atoms with Crippen molar-refractivity contribution in [1.29, 1.82) is 0 Å². The van der Waals surface area contributed by atoms with Gasteiger partial charge < -0.3 is 4.74 Å². The molecule has 20 heavy (non-hydrogen) atoms. The van der Waals surface area contributed by atoms with Gasteiger partial charge >= 0.3 is 5.97 Å². The molecule has 0 bridgehead atoms. The maximum Gasteiger partial charge on any atom is 0.341 e. The zero-order valence-corrected chi connectivity index (χ0v) is 13.5. The van der Waals surface area contributed by atoms with Crippen LogP contribution in [0.3, 0.4) is 0 Å². The van der Waals surface area contributed by atoms with Crippen molar-refractivity contribution >= 4 is 33.5 Å². The minimum atomic E-state index is -0.462. The van der Waals surface area contributed by atoms with Crippen LogP contribution in [0, 0.1) is 13.8 Å². The van der Waals surface area contributed by atoms with Crippen molar-refractivity contribution in [3.63, 3.8) is 0 Å². The quantitative estimate of drug-likeness (QED) is 0.603. The maximum absolute atomic E-state index is 12.1. The summed E-state index contributed by atoms with van der Waals surface area (Å²) in [6.45, 7) is 3.83. The number of benzene rings is 1. The summed E-state index contributed by atoms with van der Waals surface area (Å²) in [7, 11) is 0. The van der Waals surface area contributed by atoms with E-state index in [0.717, 1.165) is 21.3 Å². The molecule has 0 aliphatic heterocycles. The van der Waals surface area contributed by atoms with E-state index < -0.39 is 5.97 Å². The Bertz CT molecular complexity index is 635. The summed E-state index contributed by atoms with van der Waals surface area (Å²) in [6, 6.07) is 9.38. The Morgan fingerprint density at radius 1 is 1.35 bits per heavy atom. The molecule has 0 amide bonds. The lowest BCUT2D eigenvalue weighted by molar-refractivity contribution is 0.0471. The number of esters is 1. The molecule has 2 aromatic rings. The van der Waals surface area contributed by atoms with Crippen LogP contribution in [0.5, 0.6) is 0 Å². The van der Waals surface area contributed by atoms with Gasteiger partial charge in [0.2, 0.25) is 0 Å². The molecular weight excluding hydrogens is 342 g/mol. The Hall–Kier alpha value is -1.39. The molecule has 5 heteroatoms. The Kier molecular flexibility index (Phi) is 4.78. The Labute approximate surface area is 131 Å². The largest absolute Gasteiger partial charge is 0.457 e. The summed E-state index contributed by atoms with van der Waals surface area (Å²) in [6.07, 6.45) is 0.